The van der Waals surface area contributed by atoms with Crippen LogP contribution in [0, 0.1) is 20.3 Å². The Morgan fingerprint density at radius 1 is 0.733 bits per heavy atom. The highest BCUT2D eigenvalue weighted by Crippen LogP contribution is 2.41. The van der Waals surface area contributed by atoms with Gasteiger partial charge in [0.05, 0.1) is 6.42 Å². The average Bonchev–Trinajstić information content (AvgIpc) is 2.58. The Morgan fingerprint density at radius 2 is 1.20 bits per heavy atom. The van der Waals surface area contributed by atoms with Crippen molar-refractivity contribution in [2.24, 2.45) is 0 Å². The molecular formula is C15H12. The molecular weight excluding hydrogens is 180 g/mol. The van der Waals surface area contributed by atoms with Crippen LogP contribution in [0.5, 0.6) is 0 Å². The third kappa shape index (κ3) is 1.14. The summed E-state index contributed by atoms with van der Waals surface area (Å²) in [6.45, 7) is 4.34. The molecule has 0 amide bonds. The summed E-state index contributed by atoms with van der Waals surface area (Å²) in [5.74, 6) is 0. The van der Waals surface area contributed by atoms with Crippen LogP contribution >= 0.6 is 0 Å². The molecule has 0 heterocycles. The fraction of sp³-hybridized carbons (Fsp3) is 0.133. The van der Waals surface area contributed by atoms with Crippen molar-refractivity contribution in [2.75, 3.05) is 0 Å². The number of fused-ring (bicyclic) bond motifs is 3. The van der Waals surface area contributed by atoms with E-state index in [1.807, 2.05) is 0 Å². The van der Waals surface area contributed by atoms with Crippen molar-refractivity contribution in [3.63, 3.8) is 0 Å². The lowest BCUT2D eigenvalue weighted by atomic mass is 9.97. The van der Waals surface area contributed by atoms with Crippen LogP contribution in [0.3, 0.4) is 0 Å². The summed E-state index contributed by atoms with van der Waals surface area (Å²) in [5, 5.41) is 0. The molecule has 0 unspecified atom stereocenters. The molecule has 3 rings (SSSR count). The van der Waals surface area contributed by atoms with Crippen LogP contribution in [0.15, 0.2) is 36.4 Å². The minimum Gasteiger partial charge on any atom is -0.0617 e. The number of hydrogen-bond donors (Lipinski definition) is 0. The van der Waals surface area contributed by atoms with E-state index in [-0.39, 0.29) is 0 Å². The van der Waals surface area contributed by atoms with Crippen molar-refractivity contribution in [2.45, 2.75) is 13.8 Å². The molecule has 0 aromatic heterocycles. The molecule has 1 aliphatic carbocycles. The van der Waals surface area contributed by atoms with Gasteiger partial charge in [0.1, 0.15) is 0 Å². The van der Waals surface area contributed by atoms with Crippen molar-refractivity contribution < 1.29 is 0 Å². The largest absolute Gasteiger partial charge is 0.0617 e. The molecule has 0 heteroatoms. The van der Waals surface area contributed by atoms with Crippen LogP contribution in [0.2, 0.25) is 0 Å². The first-order valence-electron chi connectivity index (χ1n) is 5.24. The van der Waals surface area contributed by atoms with Gasteiger partial charge in [-0.3, -0.25) is 0 Å². The van der Waals surface area contributed by atoms with Gasteiger partial charge in [-0.2, -0.15) is 0 Å². The minimum absolute atomic E-state index is 1.24. The molecule has 0 N–H and O–H groups in total. The molecule has 0 saturated carbocycles. The van der Waals surface area contributed by atoms with E-state index < -0.39 is 0 Å². The van der Waals surface area contributed by atoms with Crippen LogP contribution in [-0.4, -0.2) is 0 Å². The summed E-state index contributed by atoms with van der Waals surface area (Å²) >= 11 is 0. The third-order valence-electron chi connectivity index (χ3n) is 3.06. The lowest BCUT2D eigenvalue weighted by molar-refractivity contribution is 1.42. The number of hydrogen-bond acceptors (Lipinski definition) is 0. The van der Waals surface area contributed by atoms with Crippen LogP contribution < -0.4 is 0 Å². The molecule has 2 radical (unpaired) electrons. The number of rotatable bonds is 0. The van der Waals surface area contributed by atoms with Gasteiger partial charge in [0, 0.05) is 0 Å². The van der Waals surface area contributed by atoms with Crippen LogP contribution in [0.1, 0.15) is 22.3 Å². The van der Waals surface area contributed by atoms with E-state index in [9.17, 15) is 0 Å². The summed E-state index contributed by atoms with van der Waals surface area (Å²) < 4.78 is 0. The summed E-state index contributed by atoms with van der Waals surface area (Å²) in [4.78, 5) is 0. The Balaban J connectivity index is 2.39. The second-order valence-electron chi connectivity index (χ2n) is 4.12. The standard InChI is InChI=1S/C15H12/c1-10-5-3-7-12-9-13-8-4-6-11(2)15(13)14(10)12/h3-8H,1-2H3. The number of benzene rings is 2. The van der Waals surface area contributed by atoms with Crippen molar-refractivity contribution in [1.82, 2.24) is 0 Å². The normalized spacial score (nSPS) is 12.4. The molecule has 1 aliphatic rings. The van der Waals surface area contributed by atoms with E-state index >= 15 is 0 Å². The first kappa shape index (κ1) is 8.72. The molecule has 0 spiro atoms. The van der Waals surface area contributed by atoms with Gasteiger partial charge in [0.15, 0.2) is 0 Å². The molecule has 0 bridgehead atoms. The number of aryl methyl sites for hydroxylation is 2. The molecule has 2 aromatic rings. The van der Waals surface area contributed by atoms with Crippen LogP contribution in [-0.2, 0) is 0 Å². The quantitative estimate of drug-likeness (QED) is 0.508. The molecule has 72 valence electrons. The molecule has 2 aromatic carbocycles. The first-order valence-corrected chi connectivity index (χ1v) is 5.24. The highest BCUT2D eigenvalue weighted by atomic mass is 14.2. The van der Waals surface area contributed by atoms with Gasteiger partial charge in [0.2, 0.25) is 0 Å². The lowest BCUT2D eigenvalue weighted by Gasteiger charge is -2.07. The monoisotopic (exact) mass is 192 g/mol. The summed E-state index contributed by atoms with van der Waals surface area (Å²) in [5.41, 5.74) is 7.89. The van der Waals surface area contributed by atoms with Gasteiger partial charge in [-0.05, 0) is 47.2 Å². The van der Waals surface area contributed by atoms with E-state index in [0.29, 0.717) is 0 Å². The maximum Gasteiger partial charge on any atom is 0.0515 e. The summed E-state index contributed by atoms with van der Waals surface area (Å²) in [6.07, 6.45) is 3.46. The van der Waals surface area contributed by atoms with Gasteiger partial charge in [0.25, 0.3) is 0 Å². The molecule has 0 aliphatic heterocycles. The van der Waals surface area contributed by atoms with Gasteiger partial charge in [-0.1, -0.05) is 36.4 Å². The summed E-state index contributed by atoms with van der Waals surface area (Å²) in [6, 6.07) is 12.8. The Labute approximate surface area is 90.6 Å². The predicted octanol–water partition coefficient (Wildman–Crippen LogP) is 3.76. The Bertz CT molecular complexity index is 486. The van der Waals surface area contributed by atoms with E-state index in [2.05, 4.69) is 56.7 Å². The SMILES string of the molecule is Cc1cccc2c1-c1c(C)cccc1[C]2. The molecule has 0 nitrogen and oxygen atoms in total. The van der Waals surface area contributed by atoms with Gasteiger partial charge < -0.3 is 0 Å². The topological polar surface area (TPSA) is 0 Å². The average molecular weight is 192 g/mol. The van der Waals surface area contributed by atoms with Gasteiger partial charge in [-0.15, -0.1) is 0 Å². The fourth-order valence-electron chi connectivity index (χ4n) is 2.35. The smallest absolute Gasteiger partial charge is 0.0515 e. The highest BCUT2D eigenvalue weighted by Gasteiger charge is 2.21. The maximum absolute atomic E-state index is 3.46. The zero-order chi connectivity index (χ0) is 10.4. The Hall–Kier alpha value is -1.56. The van der Waals surface area contributed by atoms with Gasteiger partial charge >= 0.3 is 0 Å². The molecule has 0 fully saturated rings. The van der Waals surface area contributed by atoms with E-state index in [1.165, 1.54) is 33.4 Å². The second-order valence-corrected chi connectivity index (χ2v) is 4.12. The highest BCUT2D eigenvalue weighted by molar-refractivity contribution is 5.85. The zero-order valence-electron chi connectivity index (χ0n) is 8.96. The van der Waals surface area contributed by atoms with Crippen molar-refractivity contribution >= 4 is 0 Å². The van der Waals surface area contributed by atoms with Crippen LogP contribution in [0.25, 0.3) is 11.1 Å². The van der Waals surface area contributed by atoms with Crippen LogP contribution in [0.4, 0.5) is 0 Å². The first-order chi connectivity index (χ1) is 7.27. The van der Waals surface area contributed by atoms with E-state index in [4.69, 9.17) is 0 Å². The van der Waals surface area contributed by atoms with Crippen molar-refractivity contribution in [3.05, 3.63) is 65.1 Å². The molecule has 15 heavy (non-hydrogen) atoms. The van der Waals surface area contributed by atoms with E-state index in [1.54, 1.807) is 0 Å². The summed E-state index contributed by atoms with van der Waals surface area (Å²) in [7, 11) is 0. The Kier molecular flexibility index (Phi) is 1.72. The van der Waals surface area contributed by atoms with Crippen molar-refractivity contribution in [1.29, 1.82) is 0 Å². The third-order valence-corrected chi connectivity index (χ3v) is 3.06. The fourth-order valence-corrected chi connectivity index (χ4v) is 2.35. The minimum atomic E-state index is 1.24. The zero-order valence-corrected chi connectivity index (χ0v) is 8.96. The molecule has 0 saturated heterocycles. The lowest BCUT2D eigenvalue weighted by Crippen LogP contribution is -1.85. The second kappa shape index (κ2) is 2.96. The van der Waals surface area contributed by atoms with Gasteiger partial charge in [-0.25, -0.2) is 0 Å². The predicted molar refractivity (Wildman–Crippen MR) is 62.8 cm³/mol. The van der Waals surface area contributed by atoms with Crippen molar-refractivity contribution in [3.8, 4) is 11.1 Å². The Morgan fingerprint density at radius 3 is 1.67 bits per heavy atom. The van der Waals surface area contributed by atoms with E-state index in [0.717, 1.165) is 0 Å². The maximum atomic E-state index is 3.46. The molecule has 0 atom stereocenters.